The van der Waals surface area contributed by atoms with Gasteiger partial charge in [0, 0.05) is 22.3 Å². The molecule has 0 spiro atoms. The van der Waals surface area contributed by atoms with Gasteiger partial charge in [-0.3, -0.25) is 4.79 Å². The average molecular weight is 354 g/mol. The standard InChI is InChI=1S/C17H17Cl2NOS/c1-12-3-2-4-13(7-12)10-22-11-17(21)20-9-14-5-6-15(18)8-16(14)19/h2-8H,9-11H2,1H3,(H,20,21). The van der Waals surface area contributed by atoms with Crippen molar-refractivity contribution in [1.82, 2.24) is 5.32 Å². The summed E-state index contributed by atoms with van der Waals surface area (Å²) in [6, 6.07) is 13.6. The molecule has 5 heteroatoms. The van der Waals surface area contributed by atoms with Crippen LogP contribution >= 0.6 is 35.0 Å². The van der Waals surface area contributed by atoms with Crippen LogP contribution in [0, 0.1) is 6.92 Å². The number of carbonyl (C=O) groups is 1. The van der Waals surface area contributed by atoms with E-state index in [0.717, 1.165) is 11.3 Å². The predicted molar refractivity (Wildman–Crippen MR) is 95.6 cm³/mol. The van der Waals surface area contributed by atoms with Gasteiger partial charge in [0.2, 0.25) is 5.91 Å². The molecule has 0 unspecified atom stereocenters. The number of amides is 1. The first-order valence-corrected chi connectivity index (χ1v) is 8.79. The van der Waals surface area contributed by atoms with E-state index in [-0.39, 0.29) is 5.91 Å². The second kappa shape index (κ2) is 8.47. The lowest BCUT2D eigenvalue weighted by atomic mass is 10.2. The minimum Gasteiger partial charge on any atom is -0.351 e. The molecule has 0 aliphatic carbocycles. The third kappa shape index (κ3) is 5.56. The fraction of sp³-hybridized carbons (Fsp3) is 0.235. The predicted octanol–water partition coefficient (Wildman–Crippen LogP) is 4.85. The Labute approximate surface area is 145 Å². The van der Waals surface area contributed by atoms with E-state index in [9.17, 15) is 4.79 Å². The van der Waals surface area contributed by atoms with E-state index in [4.69, 9.17) is 23.2 Å². The topological polar surface area (TPSA) is 29.1 Å². The highest BCUT2D eigenvalue weighted by atomic mass is 35.5. The molecule has 0 atom stereocenters. The molecule has 2 aromatic carbocycles. The SMILES string of the molecule is Cc1cccc(CSCC(=O)NCc2ccc(Cl)cc2Cl)c1. The Morgan fingerprint density at radius 3 is 2.73 bits per heavy atom. The van der Waals surface area contributed by atoms with Gasteiger partial charge in [-0.15, -0.1) is 11.8 Å². The monoisotopic (exact) mass is 353 g/mol. The van der Waals surface area contributed by atoms with Crippen molar-refractivity contribution in [3.63, 3.8) is 0 Å². The lowest BCUT2D eigenvalue weighted by Crippen LogP contribution is -2.24. The Kier molecular flexibility index (Phi) is 6.62. The van der Waals surface area contributed by atoms with Crippen molar-refractivity contribution in [2.75, 3.05) is 5.75 Å². The summed E-state index contributed by atoms with van der Waals surface area (Å²) in [6.45, 7) is 2.48. The van der Waals surface area contributed by atoms with Crippen LogP contribution in [0.3, 0.4) is 0 Å². The molecule has 0 bridgehead atoms. The van der Waals surface area contributed by atoms with Gasteiger partial charge in [-0.25, -0.2) is 0 Å². The largest absolute Gasteiger partial charge is 0.351 e. The molecule has 1 amide bonds. The molecule has 0 saturated heterocycles. The van der Waals surface area contributed by atoms with Gasteiger partial charge in [0.05, 0.1) is 5.75 Å². The summed E-state index contributed by atoms with van der Waals surface area (Å²) in [4.78, 5) is 11.9. The fourth-order valence-electron chi connectivity index (χ4n) is 1.97. The van der Waals surface area contributed by atoms with Crippen LogP contribution < -0.4 is 5.32 Å². The van der Waals surface area contributed by atoms with Crippen LogP contribution in [0.1, 0.15) is 16.7 Å². The molecule has 0 aromatic heterocycles. The first-order chi connectivity index (χ1) is 10.5. The second-order valence-corrected chi connectivity index (χ2v) is 6.82. The third-order valence-corrected chi connectivity index (χ3v) is 4.67. The van der Waals surface area contributed by atoms with Gasteiger partial charge >= 0.3 is 0 Å². The summed E-state index contributed by atoms with van der Waals surface area (Å²) < 4.78 is 0. The molecule has 0 saturated carbocycles. The molecule has 0 aliphatic heterocycles. The van der Waals surface area contributed by atoms with Crippen LogP contribution in [-0.4, -0.2) is 11.7 Å². The summed E-state index contributed by atoms with van der Waals surface area (Å²) in [7, 11) is 0. The van der Waals surface area contributed by atoms with E-state index in [0.29, 0.717) is 22.3 Å². The lowest BCUT2D eigenvalue weighted by molar-refractivity contribution is -0.118. The molecule has 0 aliphatic rings. The van der Waals surface area contributed by atoms with Crippen molar-refractivity contribution in [2.45, 2.75) is 19.2 Å². The third-order valence-electron chi connectivity index (χ3n) is 3.08. The molecular weight excluding hydrogens is 337 g/mol. The number of thioether (sulfide) groups is 1. The fourth-order valence-corrected chi connectivity index (χ4v) is 3.25. The van der Waals surface area contributed by atoms with Crippen LogP contribution in [0.2, 0.25) is 10.0 Å². The number of rotatable bonds is 6. The van der Waals surface area contributed by atoms with E-state index >= 15 is 0 Å². The molecule has 2 nitrogen and oxygen atoms in total. The Bertz CT molecular complexity index is 661. The number of halogens is 2. The minimum absolute atomic E-state index is 0.00340. The maximum atomic E-state index is 11.9. The van der Waals surface area contributed by atoms with Crippen molar-refractivity contribution in [1.29, 1.82) is 0 Å². The number of carbonyl (C=O) groups excluding carboxylic acids is 1. The number of benzene rings is 2. The number of hydrogen-bond acceptors (Lipinski definition) is 2. The highest BCUT2D eigenvalue weighted by Gasteiger charge is 2.05. The number of hydrogen-bond donors (Lipinski definition) is 1. The van der Waals surface area contributed by atoms with Crippen molar-refractivity contribution < 1.29 is 4.79 Å². The van der Waals surface area contributed by atoms with Crippen molar-refractivity contribution in [2.24, 2.45) is 0 Å². The van der Waals surface area contributed by atoms with Crippen LogP contribution in [0.25, 0.3) is 0 Å². The second-order valence-electron chi connectivity index (χ2n) is 4.99. The average Bonchev–Trinajstić information content (AvgIpc) is 2.46. The Morgan fingerprint density at radius 1 is 1.18 bits per heavy atom. The Morgan fingerprint density at radius 2 is 2.00 bits per heavy atom. The molecule has 2 rings (SSSR count). The molecule has 116 valence electrons. The zero-order valence-electron chi connectivity index (χ0n) is 12.2. The number of nitrogens with one attached hydrogen (secondary N) is 1. The van der Waals surface area contributed by atoms with E-state index < -0.39 is 0 Å². The summed E-state index contributed by atoms with van der Waals surface area (Å²) >= 11 is 13.5. The van der Waals surface area contributed by atoms with Crippen molar-refractivity contribution in [3.8, 4) is 0 Å². The van der Waals surface area contributed by atoms with E-state index in [1.54, 1.807) is 23.9 Å². The van der Waals surface area contributed by atoms with Gasteiger partial charge in [-0.05, 0) is 30.2 Å². The minimum atomic E-state index is 0.00340. The quantitative estimate of drug-likeness (QED) is 0.803. The van der Waals surface area contributed by atoms with Gasteiger partial charge in [0.15, 0.2) is 0 Å². The van der Waals surface area contributed by atoms with Crippen LogP contribution in [0.15, 0.2) is 42.5 Å². The van der Waals surface area contributed by atoms with Crippen LogP contribution in [0.4, 0.5) is 0 Å². The zero-order valence-corrected chi connectivity index (χ0v) is 14.6. The summed E-state index contributed by atoms with van der Waals surface area (Å²) in [5, 5.41) is 4.03. The zero-order chi connectivity index (χ0) is 15.9. The molecular formula is C17H17Cl2NOS. The molecule has 22 heavy (non-hydrogen) atoms. The van der Waals surface area contributed by atoms with Crippen molar-refractivity contribution in [3.05, 3.63) is 69.2 Å². The van der Waals surface area contributed by atoms with Crippen LogP contribution in [-0.2, 0) is 17.1 Å². The van der Waals surface area contributed by atoms with Gasteiger partial charge in [0.1, 0.15) is 0 Å². The van der Waals surface area contributed by atoms with E-state index in [1.807, 2.05) is 12.1 Å². The van der Waals surface area contributed by atoms with Gasteiger partial charge < -0.3 is 5.32 Å². The first kappa shape index (κ1) is 17.2. The van der Waals surface area contributed by atoms with Crippen LogP contribution in [0.5, 0.6) is 0 Å². The van der Waals surface area contributed by atoms with Gasteiger partial charge in [0.25, 0.3) is 0 Å². The van der Waals surface area contributed by atoms with Gasteiger partial charge in [-0.1, -0.05) is 59.1 Å². The maximum absolute atomic E-state index is 11.9. The van der Waals surface area contributed by atoms with E-state index in [2.05, 4.69) is 30.4 Å². The first-order valence-electron chi connectivity index (χ1n) is 6.88. The highest BCUT2D eigenvalue weighted by molar-refractivity contribution is 7.99. The highest BCUT2D eigenvalue weighted by Crippen LogP contribution is 2.20. The summed E-state index contributed by atoms with van der Waals surface area (Å²) in [5.74, 6) is 1.26. The maximum Gasteiger partial charge on any atom is 0.230 e. The van der Waals surface area contributed by atoms with Crippen molar-refractivity contribution >= 4 is 40.9 Å². The lowest BCUT2D eigenvalue weighted by Gasteiger charge is -2.07. The molecule has 0 heterocycles. The molecule has 1 N–H and O–H groups in total. The molecule has 0 radical (unpaired) electrons. The van der Waals surface area contributed by atoms with E-state index in [1.165, 1.54) is 11.1 Å². The van der Waals surface area contributed by atoms with Gasteiger partial charge in [-0.2, -0.15) is 0 Å². The summed E-state index contributed by atoms with van der Waals surface area (Å²) in [5.41, 5.74) is 3.33. The smallest absolute Gasteiger partial charge is 0.230 e. The Hall–Kier alpha value is -1.16. The molecule has 0 fully saturated rings. The number of aryl methyl sites for hydroxylation is 1. The molecule has 2 aromatic rings. The Balaban J connectivity index is 1.74. The summed E-state index contributed by atoms with van der Waals surface area (Å²) in [6.07, 6.45) is 0. The normalized spacial score (nSPS) is 10.5.